The molecule has 2 rings (SSSR count). The van der Waals surface area contributed by atoms with Crippen LogP contribution in [-0.4, -0.2) is 42.9 Å². The summed E-state index contributed by atoms with van der Waals surface area (Å²) in [6.07, 6.45) is 1.50. The lowest BCUT2D eigenvalue weighted by Crippen LogP contribution is -2.35. The van der Waals surface area contributed by atoms with Gasteiger partial charge in [-0.25, -0.2) is 13.2 Å². The van der Waals surface area contributed by atoms with Gasteiger partial charge in [0.1, 0.15) is 6.04 Å². The third-order valence-electron chi connectivity index (χ3n) is 3.44. The number of hydrogen-bond donors (Lipinski definition) is 0. The zero-order chi connectivity index (χ0) is 15.6. The maximum absolute atomic E-state index is 13.0. The van der Waals surface area contributed by atoms with Crippen molar-refractivity contribution in [2.45, 2.75) is 18.9 Å². The molecule has 1 fully saturated rings. The Kier molecular flexibility index (Phi) is 4.62. The number of halogens is 3. The second-order valence-corrected chi connectivity index (χ2v) is 4.92. The molecule has 1 aliphatic heterocycles. The summed E-state index contributed by atoms with van der Waals surface area (Å²) >= 11 is 0. The number of carbonyl (C=O) groups excluding carboxylic acids is 2. The third kappa shape index (κ3) is 3.41. The van der Waals surface area contributed by atoms with E-state index in [1.165, 1.54) is 0 Å². The van der Waals surface area contributed by atoms with Crippen LogP contribution in [0.15, 0.2) is 12.1 Å². The van der Waals surface area contributed by atoms with E-state index in [1.54, 1.807) is 7.05 Å². The molecule has 0 saturated carbocycles. The fourth-order valence-electron chi connectivity index (χ4n) is 2.24. The minimum atomic E-state index is -1.64. The number of benzene rings is 1. The molecule has 114 valence electrons. The van der Waals surface area contributed by atoms with Gasteiger partial charge in [-0.1, -0.05) is 0 Å². The minimum Gasteiger partial charge on any atom is -0.456 e. The first-order valence-electron chi connectivity index (χ1n) is 6.44. The van der Waals surface area contributed by atoms with Crippen LogP contribution in [0.25, 0.3) is 0 Å². The summed E-state index contributed by atoms with van der Waals surface area (Å²) in [4.78, 5) is 25.3. The fourth-order valence-corrected chi connectivity index (χ4v) is 2.24. The Bertz CT molecular complexity index is 554. The summed E-state index contributed by atoms with van der Waals surface area (Å²) in [5.74, 6) is -5.90. The molecule has 4 nitrogen and oxygen atoms in total. The Labute approximate surface area is 119 Å². The van der Waals surface area contributed by atoms with Crippen LogP contribution in [0.2, 0.25) is 0 Å². The zero-order valence-electron chi connectivity index (χ0n) is 11.4. The van der Waals surface area contributed by atoms with Crippen molar-refractivity contribution in [1.82, 2.24) is 4.90 Å². The van der Waals surface area contributed by atoms with Crippen LogP contribution in [0.4, 0.5) is 13.2 Å². The van der Waals surface area contributed by atoms with Crippen molar-refractivity contribution in [2.24, 2.45) is 0 Å². The van der Waals surface area contributed by atoms with Crippen LogP contribution in [0.3, 0.4) is 0 Å². The molecule has 1 saturated heterocycles. The van der Waals surface area contributed by atoms with Gasteiger partial charge in [0, 0.05) is 5.56 Å². The molecule has 7 heteroatoms. The van der Waals surface area contributed by atoms with E-state index in [0.29, 0.717) is 18.6 Å². The molecule has 1 aromatic rings. The first-order valence-corrected chi connectivity index (χ1v) is 6.44. The maximum atomic E-state index is 13.0. The monoisotopic (exact) mass is 301 g/mol. The van der Waals surface area contributed by atoms with E-state index < -0.39 is 41.9 Å². The molecule has 0 bridgehead atoms. The van der Waals surface area contributed by atoms with Gasteiger partial charge in [-0.15, -0.1) is 0 Å². The van der Waals surface area contributed by atoms with E-state index in [9.17, 15) is 22.8 Å². The van der Waals surface area contributed by atoms with Gasteiger partial charge in [-0.05, 0) is 38.6 Å². The predicted octanol–water partition coefficient (Wildman–Crippen LogP) is 1.92. The third-order valence-corrected chi connectivity index (χ3v) is 3.44. The first kappa shape index (κ1) is 15.5. The summed E-state index contributed by atoms with van der Waals surface area (Å²) < 4.78 is 43.7. The maximum Gasteiger partial charge on any atom is 0.323 e. The summed E-state index contributed by atoms with van der Waals surface area (Å²) in [6.45, 7) is 0.135. The Hall–Kier alpha value is -1.89. The van der Waals surface area contributed by atoms with Crippen LogP contribution in [-0.2, 0) is 9.53 Å². The molecule has 0 unspecified atom stereocenters. The number of ether oxygens (including phenoxy) is 1. The highest BCUT2D eigenvalue weighted by Crippen LogP contribution is 2.17. The summed E-state index contributed by atoms with van der Waals surface area (Å²) in [5.41, 5.74) is -0.376. The standard InChI is InChI=1S/C14H14F3NO3/c1-18-4-2-3-11(18)14(20)21-7-12(19)8-5-9(15)13(17)10(16)6-8/h5-6,11H,2-4,7H2,1H3/t11-/m0/s1. The Morgan fingerprint density at radius 1 is 1.29 bits per heavy atom. The summed E-state index contributed by atoms with van der Waals surface area (Å²) in [7, 11) is 1.77. The highest BCUT2D eigenvalue weighted by atomic mass is 19.2. The average molecular weight is 301 g/mol. The number of ketones is 1. The van der Waals surface area contributed by atoms with Crippen molar-refractivity contribution < 1.29 is 27.5 Å². The number of hydrogen-bond acceptors (Lipinski definition) is 4. The van der Waals surface area contributed by atoms with Crippen molar-refractivity contribution in [1.29, 1.82) is 0 Å². The molecule has 1 aromatic carbocycles. The van der Waals surface area contributed by atoms with Crippen molar-refractivity contribution in [2.75, 3.05) is 20.2 Å². The fraction of sp³-hybridized carbons (Fsp3) is 0.429. The molecule has 0 amide bonds. The number of carbonyl (C=O) groups is 2. The average Bonchev–Trinajstić information content (AvgIpc) is 2.87. The highest BCUT2D eigenvalue weighted by Gasteiger charge is 2.29. The molecule has 1 aliphatic rings. The lowest BCUT2D eigenvalue weighted by atomic mass is 10.1. The van der Waals surface area contributed by atoms with Gasteiger partial charge < -0.3 is 4.74 Å². The second-order valence-electron chi connectivity index (χ2n) is 4.92. The summed E-state index contributed by atoms with van der Waals surface area (Å²) in [6, 6.07) is 0.756. The molecular weight excluding hydrogens is 287 g/mol. The molecular formula is C14H14F3NO3. The predicted molar refractivity (Wildman–Crippen MR) is 67.3 cm³/mol. The number of likely N-dealkylation sites (tertiary alicyclic amines) is 1. The number of likely N-dealkylation sites (N-methyl/N-ethyl adjacent to an activating group) is 1. The van der Waals surface area contributed by atoms with E-state index in [2.05, 4.69) is 0 Å². The van der Waals surface area contributed by atoms with Crippen LogP contribution in [0.1, 0.15) is 23.2 Å². The van der Waals surface area contributed by atoms with E-state index in [0.717, 1.165) is 13.0 Å². The molecule has 1 heterocycles. The van der Waals surface area contributed by atoms with E-state index in [-0.39, 0.29) is 5.56 Å². The quantitative estimate of drug-likeness (QED) is 0.484. The van der Waals surface area contributed by atoms with Crippen molar-refractivity contribution in [3.8, 4) is 0 Å². The topological polar surface area (TPSA) is 46.6 Å². The Morgan fingerprint density at radius 3 is 2.43 bits per heavy atom. The number of rotatable bonds is 4. The molecule has 0 spiro atoms. The van der Waals surface area contributed by atoms with Gasteiger partial charge in [0.05, 0.1) is 0 Å². The van der Waals surface area contributed by atoms with Gasteiger partial charge in [0.15, 0.2) is 24.1 Å². The molecule has 21 heavy (non-hydrogen) atoms. The lowest BCUT2D eigenvalue weighted by molar-refractivity contribution is -0.147. The van der Waals surface area contributed by atoms with E-state index in [1.807, 2.05) is 4.90 Å². The second kappa shape index (κ2) is 6.26. The SMILES string of the molecule is CN1CCC[C@H]1C(=O)OCC(=O)c1cc(F)c(F)c(F)c1. The van der Waals surface area contributed by atoms with Crippen molar-refractivity contribution >= 4 is 11.8 Å². The van der Waals surface area contributed by atoms with Crippen molar-refractivity contribution in [3.63, 3.8) is 0 Å². The largest absolute Gasteiger partial charge is 0.456 e. The van der Waals surface area contributed by atoms with E-state index >= 15 is 0 Å². The van der Waals surface area contributed by atoms with Gasteiger partial charge in [0.2, 0.25) is 5.78 Å². The number of esters is 1. The number of nitrogens with zero attached hydrogens (tertiary/aromatic N) is 1. The van der Waals surface area contributed by atoms with Crippen LogP contribution < -0.4 is 0 Å². The smallest absolute Gasteiger partial charge is 0.323 e. The van der Waals surface area contributed by atoms with Gasteiger partial charge in [-0.3, -0.25) is 14.5 Å². The van der Waals surface area contributed by atoms with Crippen LogP contribution in [0.5, 0.6) is 0 Å². The molecule has 0 radical (unpaired) electrons. The molecule has 0 aromatic heterocycles. The first-order chi connectivity index (χ1) is 9.90. The van der Waals surface area contributed by atoms with Gasteiger partial charge in [0.25, 0.3) is 0 Å². The van der Waals surface area contributed by atoms with Crippen molar-refractivity contribution in [3.05, 3.63) is 35.1 Å². The van der Waals surface area contributed by atoms with Crippen LogP contribution >= 0.6 is 0 Å². The number of Topliss-reactive ketones (excluding diaryl/α,β-unsaturated/α-hetero) is 1. The molecule has 1 atom stereocenters. The Morgan fingerprint density at radius 2 is 1.90 bits per heavy atom. The minimum absolute atomic E-state index is 0.376. The van der Waals surface area contributed by atoms with E-state index in [4.69, 9.17) is 4.74 Å². The lowest BCUT2D eigenvalue weighted by Gasteiger charge is -2.17. The molecule has 0 N–H and O–H groups in total. The highest BCUT2D eigenvalue weighted by molar-refractivity contribution is 5.98. The zero-order valence-corrected chi connectivity index (χ0v) is 11.4. The summed E-state index contributed by atoms with van der Waals surface area (Å²) in [5, 5.41) is 0. The molecule has 0 aliphatic carbocycles. The van der Waals surface area contributed by atoms with Gasteiger partial charge in [-0.2, -0.15) is 0 Å². The van der Waals surface area contributed by atoms with Gasteiger partial charge >= 0.3 is 5.97 Å². The Balaban J connectivity index is 1.97. The normalized spacial score (nSPS) is 18.8. The van der Waals surface area contributed by atoms with Crippen LogP contribution in [0, 0.1) is 17.5 Å².